The van der Waals surface area contributed by atoms with Crippen LogP contribution in [0.3, 0.4) is 0 Å². The Morgan fingerprint density at radius 3 is 2.75 bits per heavy atom. The van der Waals surface area contributed by atoms with Gasteiger partial charge in [0.2, 0.25) is 0 Å². The van der Waals surface area contributed by atoms with E-state index in [1.54, 1.807) is 0 Å². The van der Waals surface area contributed by atoms with Crippen LogP contribution in [-0.4, -0.2) is 23.3 Å². The van der Waals surface area contributed by atoms with Crippen molar-refractivity contribution in [3.8, 4) is 5.69 Å². The Kier molecular flexibility index (Phi) is 5.76. The lowest BCUT2D eigenvalue weighted by Gasteiger charge is -2.09. The highest BCUT2D eigenvalue weighted by Gasteiger charge is 2.10. The molecule has 0 saturated carbocycles. The molecule has 0 N–H and O–H groups in total. The second kappa shape index (κ2) is 8.00. The molecule has 3 rings (SSSR count). The van der Waals surface area contributed by atoms with Crippen molar-refractivity contribution in [2.45, 2.75) is 13.3 Å². The van der Waals surface area contributed by atoms with Gasteiger partial charge in [0.25, 0.3) is 0 Å². The third kappa shape index (κ3) is 3.91. The number of aryl methyl sites for hydroxylation is 1. The van der Waals surface area contributed by atoms with Crippen molar-refractivity contribution in [3.63, 3.8) is 0 Å². The zero-order chi connectivity index (χ0) is 16.9. The summed E-state index contributed by atoms with van der Waals surface area (Å²) in [6.07, 6.45) is 2.60. The first-order valence-corrected chi connectivity index (χ1v) is 8.45. The highest BCUT2D eigenvalue weighted by molar-refractivity contribution is 7.89. The van der Waals surface area contributed by atoms with E-state index in [0.29, 0.717) is 6.61 Å². The molecular formula is C17H17ClN2O3S. The van der Waals surface area contributed by atoms with E-state index < -0.39 is 0 Å². The van der Waals surface area contributed by atoms with Crippen molar-refractivity contribution in [3.05, 3.63) is 58.9 Å². The van der Waals surface area contributed by atoms with Crippen LogP contribution in [0.5, 0.6) is 0 Å². The van der Waals surface area contributed by atoms with E-state index in [2.05, 4.69) is 37.8 Å². The van der Waals surface area contributed by atoms with E-state index in [4.69, 9.17) is 15.8 Å². The Hall–Kier alpha value is -1.57. The molecule has 1 aromatic carbocycles. The van der Waals surface area contributed by atoms with Crippen LogP contribution in [0.4, 0.5) is 0 Å². The molecule has 2 heterocycles. The lowest BCUT2D eigenvalue weighted by atomic mass is 10.2. The van der Waals surface area contributed by atoms with Crippen LogP contribution >= 0.6 is 23.9 Å². The van der Waals surface area contributed by atoms with Crippen molar-refractivity contribution >= 4 is 35.0 Å². The van der Waals surface area contributed by atoms with Gasteiger partial charge >= 0.3 is 0 Å². The van der Waals surface area contributed by atoms with Crippen LogP contribution in [-0.2, 0) is 19.8 Å². The minimum Gasteiger partial charge on any atom is -0.312 e. The summed E-state index contributed by atoms with van der Waals surface area (Å²) < 4.78 is 12.0. The summed E-state index contributed by atoms with van der Waals surface area (Å²) in [5.74, 6) is 0. The number of hydrogen-bond acceptors (Lipinski definition) is 5. The first-order chi connectivity index (χ1) is 11.7. The highest BCUT2D eigenvalue weighted by atomic mass is 35.5. The van der Waals surface area contributed by atoms with Gasteiger partial charge in [0.1, 0.15) is 0 Å². The minimum atomic E-state index is 0.502. The van der Waals surface area contributed by atoms with Gasteiger partial charge in [-0.3, -0.25) is 9.17 Å². The highest BCUT2D eigenvalue weighted by Crippen LogP contribution is 2.24. The topological polar surface area (TPSA) is 45.5 Å². The molecule has 0 atom stereocenters. The number of pyridine rings is 1. The molecule has 24 heavy (non-hydrogen) atoms. The molecule has 0 spiro atoms. The predicted octanol–water partition coefficient (Wildman–Crippen LogP) is 4.69. The van der Waals surface area contributed by atoms with Crippen molar-refractivity contribution in [2.24, 2.45) is 0 Å². The molecule has 2 aromatic heterocycles. The normalized spacial score (nSPS) is 11.3. The molecule has 5 nitrogen and oxygen atoms in total. The second-order valence-corrected chi connectivity index (χ2v) is 6.16. The molecule has 0 saturated heterocycles. The third-order valence-corrected chi connectivity index (χ3v) is 4.30. The SMILES string of the molecule is COOSOCCc1cnc2cc(C)n(-c3ccc(Cl)cc3)c2c1. The van der Waals surface area contributed by atoms with Gasteiger partial charge in [0.15, 0.2) is 12.3 Å². The van der Waals surface area contributed by atoms with Crippen molar-refractivity contribution < 1.29 is 13.4 Å². The maximum Gasteiger partial charge on any atom is 0.194 e. The van der Waals surface area contributed by atoms with Crippen molar-refractivity contribution in [1.82, 2.24) is 9.55 Å². The molecule has 0 bridgehead atoms. The maximum atomic E-state index is 5.99. The van der Waals surface area contributed by atoms with Crippen LogP contribution in [0.2, 0.25) is 5.02 Å². The summed E-state index contributed by atoms with van der Waals surface area (Å²) in [6, 6.07) is 12.0. The standard InChI is InChI=1S/C17H17ClN2O3S/c1-12-9-16-17(20(12)15-5-3-14(18)4-6-15)10-13(11-19-16)7-8-22-24-23-21-2/h3-6,9-11H,7-8H2,1-2H3. The Labute approximate surface area is 149 Å². The smallest absolute Gasteiger partial charge is 0.194 e. The van der Waals surface area contributed by atoms with Gasteiger partial charge in [-0.15, -0.1) is 4.33 Å². The van der Waals surface area contributed by atoms with Gasteiger partial charge in [0, 0.05) is 22.6 Å². The molecule has 0 unspecified atom stereocenters. The fourth-order valence-corrected chi connectivity index (χ4v) is 2.93. The summed E-state index contributed by atoms with van der Waals surface area (Å²) in [5.41, 5.74) is 5.30. The predicted molar refractivity (Wildman–Crippen MR) is 96.2 cm³/mol. The number of halogens is 1. The fraction of sp³-hybridized carbons (Fsp3) is 0.235. The maximum absolute atomic E-state index is 5.99. The zero-order valence-corrected chi connectivity index (χ0v) is 14.9. The lowest BCUT2D eigenvalue weighted by molar-refractivity contribution is -0.166. The largest absolute Gasteiger partial charge is 0.312 e. The van der Waals surface area contributed by atoms with Crippen LogP contribution in [0.1, 0.15) is 11.3 Å². The first kappa shape index (κ1) is 17.3. The first-order valence-electron chi connectivity index (χ1n) is 7.41. The van der Waals surface area contributed by atoms with Crippen molar-refractivity contribution in [2.75, 3.05) is 13.7 Å². The van der Waals surface area contributed by atoms with Gasteiger partial charge < -0.3 is 4.57 Å². The summed E-state index contributed by atoms with van der Waals surface area (Å²) >= 11 is 6.81. The quantitative estimate of drug-likeness (QED) is 0.263. The fourth-order valence-electron chi connectivity index (χ4n) is 2.56. The van der Waals surface area contributed by atoms with E-state index >= 15 is 0 Å². The Morgan fingerprint density at radius 2 is 2.00 bits per heavy atom. The molecule has 0 radical (unpaired) electrons. The zero-order valence-electron chi connectivity index (χ0n) is 13.4. The van der Waals surface area contributed by atoms with Gasteiger partial charge in [0.05, 0.1) is 24.8 Å². The number of benzene rings is 1. The molecule has 126 valence electrons. The van der Waals surface area contributed by atoms with Crippen LogP contribution < -0.4 is 0 Å². The summed E-state index contributed by atoms with van der Waals surface area (Å²) in [4.78, 5) is 9.00. The summed E-state index contributed by atoms with van der Waals surface area (Å²) in [5, 5.41) is 0.722. The van der Waals surface area contributed by atoms with Gasteiger partial charge in [-0.05, 0) is 55.3 Å². The van der Waals surface area contributed by atoms with Gasteiger partial charge in [-0.25, -0.2) is 4.89 Å². The van der Waals surface area contributed by atoms with E-state index in [1.807, 2.05) is 30.5 Å². The van der Waals surface area contributed by atoms with Crippen LogP contribution in [0.25, 0.3) is 16.7 Å². The molecule has 0 fully saturated rings. The molecule has 3 aromatic rings. The summed E-state index contributed by atoms with van der Waals surface area (Å²) in [6.45, 7) is 2.57. The van der Waals surface area contributed by atoms with Crippen molar-refractivity contribution in [1.29, 1.82) is 0 Å². The van der Waals surface area contributed by atoms with Crippen LogP contribution in [0.15, 0.2) is 42.6 Å². The third-order valence-electron chi connectivity index (χ3n) is 3.60. The molecule has 0 aliphatic rings. The minimum absolute atomic E-state index is 0.502. The Balaban J connectivity index is 1.85. The summed E-state index contributed by atoms with van der Waals surface area (Å²) in [7, 11) is 1.43. The molecule has 0 aliphatic heterocycles. The average Bonchev–Trinajstić information content (AvgIpc) is 2.91. The Morgan fingerprint density at radius 1 is 1.21 bits per heavy atom. The lowest BCUT2D eigenvalue weighted by Crippen LogP contribution is -1.98. The van der Waals surface area contributed by atoms with E-state index in [9.17, 15) is 0 Å². The second-order valence-electron chi connectivity index (χ2n) is 5.22. The van der Waals surface area contributed by atoms with Gasteiger partial charge in [-0.2, -0.15) is 0 Å². The molecular weight excluding hydrogens is 348 g/mol. The molecule has 0 amide bonds. The monoisotopic (exact) mass is 364 g/mol. The van der Waals surface area contributed by atoms with Crippen LogP contribution in [0, 0.1) is 6.92 Å². The number of rotatable bonds is 7. The number of hydrogen-bond donors (Lipinski definition) is 0. The number of fused-ring (bicyclic) bond motifs is 1. The van der Waals surface area contributed by atoms with E-state index in [0.717, 1.165) is 51.7 Å². The van der Waals surface area contributed by atoms with Gasteiger partial charge in [-0.1, -0.05) is 11.6 Å². The molecule has 0 aliphatic carbocycles. The molecule has 7 heteroatoms. The number of aromatic nitrogens is 2. The van der Waals surface area contributed by atoms with E-state index in [1.165, 1.54) is 7.11 Å². The number of nitrogens with zero attached hydrogens (tertiary/aromatic N) is 2. The Bertz CT molecular complexity index is 821. The average molecular weight is 365 g/mol. The van der Waals surface area contributed by atoms with E-state index in [-0.39, 0.29) is 0 Å².